The predicted molar refractivity (Wildman–Crippen MR) is 62.2 cm³/mol. The van der Waals surface area contributed by atoms with E-state index in [1.807, 2.05) is 6.92 Å². The van der Waals surface area contributed by atoms with Gasteiger partial charge in [0, 0.05) is 31.9 Å². The summed E-state index contributed by atoms with van der Waals surface area (Å²) in [6.45, 7) is 3.55. The number of hydrogen-bond acceptors (Lipinski definition) is 5. The number of sulfone groups is 1. The molecule has 96 valence electrons. The second-order valence-electron chi connectivity index (χ2n) is 4.36. The molecule has 1 unspecified atom stereocenters. The molecule has 1 aliphatic heterocycles. The average Bonchev–Trinajstić information content (AvgIpc) is 2.61. The highest BCUT2D eigenvalue weighted by Gasteiger charge is 2.31. The van der Waals surface area contributed by atoms with E-state index in [2.05, 4.69) is 5.32 Å². The molecule has 0 amide bonds. The van der Waals surface area contributed by atoms with E-state index < -0.39 is 15.4 Å². The minimum Gasteiger partial charge on any atom is -0.386 e. The van der Waals surface area contributed by atoms with Crippen LogP contribution in [0.15, 0.2) is 0 Å². The van der Waals surface area contributed by atoms with Gasteiger partial charge >= 0.3 is 0 Å². The fourth-order valence-corrected chi connectivity index (χ4v) is 2.98. The molecule has 0 aromatic heterocycles. The molecule has 1 atom stereocenters. The molecule has 1 fully saturated rings. The van der Waals surface area contributed by atoms with Gasteiger partial charge in [-0.05, 0) is 6.42 Å². The molecule has 0 aliphatic carbocycles. The van der Waals surface area contributed by atoms with Gasteiger partial charge in [0.25, 0.3) is 0 Å². The Hall–Kier alpha value is -0.170. The van der Waals surface area contributed by atoms with E-state index in [4.69, 9.17) is 4.74 Å². The lowest BCUT2D eigenvalue weighted by molar-refractivity contribution is 0.0276. The van der Waals surface area contributed by atoms with Crippen molar-refractivity contribution in [2.24, 2.45) is 0 Å². The highest BCUT2D eigenvalue weighted by Crippen LogP contribution is 2.16. The van der Waals surface area contributed by atoms with Crippen molar-refractivity contribution in [2.75, 3.05) is 37.8 Å². The Morgan fingerprint density at radius 3 is 2.75 bits per heavy atom. The Balaban J connectivity index is 2.16. The first kappa shape index (κ1) is 13.9. The van der Waals surface area contributed by atoms with E-state index >= 15 is 0 Å². The topological polar surface area (TPSA) is 75.6 Å². The summed E-state index contributed by atoms with van der Waals surface area (Å²) in [5.41, 5.74) is -0.811. The summed E-state index contributed by atoms with van der Waals surface area (Å²) in [7, 11) is -2.92. The van der Waals surface area contributed by atoms with Gasteiger partial charge in [-0.15, -0.1) is 0 Å². The summed E-state index contributed by atoms with van der Waals surface area (Å²) in [5, 5.41) is 12.9. The normalized spacial score (nSPS) is 26.1. The van der Waals surface area contributed by atoms with Gasteiger partial charge in [-0.3, -0.25) is 0 Å². The Kier molecular flexibility index (Phi) is 5.17. The smallest absolute Gasteiger partial charge is 0.151 e. The molecule has 5 nitrogen and oxygen atoms in total. The summed E-state index contributed by atoms with van der Waals surface area (Å²) in [6, 6.07) is 0. The summed E-state index contributed by atoms with van der Waals surface area (Å²) in [4.78, 5) is 0. The molecule has 2 N–H and O–H groups in total. The van der Waals surface area contributed by atoms with Crippen LogP contribution >= 0.6 is 0 Å². The van der Waals surface area contributed by atoms with Gasteiger partial charge in [-0.2, -0.15) is 0 Å². The van der Waals surface area contributed by atoms with E-state index in [0.29, 0.717) is 39.1 Å². The van der Waals surface area contributed by atoms with Crippen LogP contribution in [-0.4, -0.2) is 56.9 Å². The predicted octanol–water partition coefficient (Wildman–Crippen LogP) is -0.448. The Morgan fingerprint density at radius 2 is 2.19 bits per heavy atom. The van der Waals surface area contributed by atoms with Crippen molar-refractivity contribution in [1.82, 2.24) is 5.32 Å². The first-order valence-corrected chi connectivity index (χ1v) is 7.51. The molecule has 16 heavy (non-hydrogen) atoms. The van der Waals surface area contributed by atoms with Crippen molar-refractivity contribution in [1.29, 1.82) is 0 Å². The zero-order valence-corrected chi connectivity index (χ0v) is 10.6. The Labute approximate surface area is 97.1 Å². The number of aliphatic hydroxyl groups is 1. The molecule has 0 bridgehead atoms. The van der Waals surface area contributed by atoms with Crippen LogP contribution in [0.5, 0.6) is 0 Å². The van der Waals surface area contributed by atoms with E-state index in [1.165, 1.54) is 0 Å². The number of nitrogens with one attached hydrogen (secondary N) is 1. The molecule has 1 aliphatic rings. The number of rotatable bonds is 7. The van der Waals surface area contributed by atoms with E-state index in [1.54, 1.807) is 0 Å². The molecule has 0 saturated carbocycles. The van der Waals surface area contributed by atoms with Crippen LogP contribution in [0.25, 0.3) is 0 Å². The largest absolute Gasteiger partial charge is 0.386 e. The summed E-state index contributed by atoms with van der Waals surface area (Å²) in [6.07, 6.45) is 1.27. The van der Waals surface area contributed by atoms with Crippen LogP contribution in [0.2, 0.25) is 0 Å². The van der Waals surface area contributed by atoms with Gasteiger partial charge in [-0.25, -0.2) is 8.42 Å². The lowest BCUT2D eigenvalue weighted by Crippen LogP contribution is -2.42. The van der Waals surface area contributed by atoms with Crippen LogP contribution in [0.1, 0.15) is 19.8 Å². The van der Waals surface area contributed by atoms with Gasteiger partial charge in [0.2, 0.25) is 0 Å². The maximum absolute atomic E-state index is 11.4. The SMILES string of the molecule is CCCS(=O)(=O)CCNCC1(O)CCOC1. The number of hydrogen-bond donors (Lipinski definition) is 2. The zero-order valence-electron chi connectivity index (χ0n) is 9.74. The maximum atomic E-state index is 11.4. The van der Waals surface area contributed by atoms with Crippen molar-refractivity contribution in [2.45, 2.75) is 25.4 Å². The summed E-state index contributed by atoms with van der Waals surface area (Å²) in [5.74, 6) is 0.375. The van der Waals surface area contributed by atoms with E-state index in [0.717, 1.165) is 0 Å². The Bertz CT molecular complexity index is 296. The molecule has 0 spiro atoms. The highest BCUT2D eigenvalue weighted by atomic mass is 32.2. The molecule has 1 rings (SSSR count). The molecule has 1 saturated heterocycles. The summed E-state index contributed by atoms with van der Waals surface area (Å²) >= 11 is 0. The lowest BCUT2D eigenvalue weighted by atomic mass is 10.0. The average molecular weight is 251 g/mol. The van der Waals surface area contributed by atoms with Gasteiger partial charge in [0.1, 0.15) is 5.60 Å². The third-order valence-corrected chi connectivity index (χ3v) is 4.50. The minimum absolute atomic E-state index is 0.137. The zero-order chi connectivity index (χ0) is 12.1. The fourth-order valence-electron chi connectivity index (χ4n) is 1.70. The second-order valence-corrected chi connectivity index (χ2v) is 6.66. The molecular weight excluding hydrogens is 230 g/mol. The summed E-state index contributed by atoms with van der Waals surface area (Å²) < 4.78 is 27.8. The van der Waals surface area contributed by atoms with Gasteiger partial charge in [0.15, 0.2) is 9.84 Å². The van der Waals surface area contributed by atoms with Crippen molar-refractivity contribution in [3.8, 4) is 0 Å². The first-order chi connectivity index (χ1) is 7.47. The van der Waals surface area contributed by atoms with Crippen molar-refractivity contribution < 1.29 is 18.3 Å². The van der Waals surface area contributed by atoms with E-state index in [9.17, 15) is 13.5 Å². The van der Waals surface area contributed by atoms with Crippen LogP contribution in [-0.2, 0) is 14.6 Å². The van der Waals surface area contributed by atoms with Crippen LogP contribution in [0.4, 0.5) is 0 Å². The van der Waals surface area contributed by atoms with Crippen molar-refractivity contribution in [3.63, 3.8) is 0 Å². The molecule has 0 aromatic rings. The van der Waals surface area contributed by atoms with Gasteiger partial charge in [0.05, 0.1) is 12.4 Å². The number of ether oxygens (including phenoxy) is 1. The third kappa shape index (κ3) is 4.78. The van der Waals surface area contributed by atoms with Crippen molar-refractivity contribution in [3.05, 3.63) is 0 Å². The molecule has 0 radical (unpaired) electrons. The second kappa shape index (κ2) is 5.95. The van der Waals surface area contributed by atoms with Gasteiger partial charge < -0.3 is 15.2 Å². The quantitative estimate of drug-likeness (QED) is 0.600. The Morgan fingerprint density at radius 1 is 1.44 bits per heavy atom. The first-order valence-electron chi connectivity index (χ1n) is 5.69. The maximum Gasteiger partial charge on any atom is 0.151 e. The molecular formula is C10H21NO4S. The van der Waals surface area contributed by atoms with Crippen molar-refractivity contribution >= 4 is 9.84 Å². The van der Waals surface area contributed by atoms with Crippen LogP contribution < -0.4 is 5.32 Å². The standard InChI is InChI=1S/C10H21NO4S/c1-2-6-16(13,14)7-4-11-8-10(12)3-5-15-9-10/h11-12H,2-9H2,1H3. The molecule has 0 aromatic carbocycles. The van der Waals surface area contributed by atoms with E-state index in [-0.39, 0.29) is 11.5 Å². The van der Waals surface area contributed by atoms with Crippen LogP contribution in [0, 0.1) is 0 Å². The third-order valence-electron chi connectivity index (χ3n) is 2.64. The van der Waals surface area contributed by atoms with Crippen LogP contribution in [0.3, 0.4) is 0 Å². The molecule has 1 heterocycles. The lowest BCUT2D eigenvalue weighted by Gasteiger charge is -2.20. The highest BCUT2D eigenvalue weighted by molar-refractivity contribution is 7.91. The van der Waals surface area contributed by atoms with Gasteiger partial charge in [-0.1, -0.05) is 6.92 Å². The monoisotopic (exact) mass is 251 g/mol. The minimum atomic E-state index is -2.92. The fraction of sp³-hybridized carbons (Fsp3) is 1.00. The molecule has 6 heteroatoms.